The molecule has 6 nitrogen and oxygen atoms in total. The van der Waals surface area contributed by atoms with Crippen LogP contribution in [0.1, 0.15) is 58.1 Å². The van der Waals surface area contributed by atoms with Gasteiger partial charge in [-0.25, -0.2) is 4.79 Å². The first kappa shape index (κ1) is 25.2. The van der Waals surface area contributed by atoms with E-state index in [0.29, 0.717) is 31.9 Å². The summed E-state index contributed by atoms with van der Waals surface area (Å²) in [5.74, 6) is -0.298. The average Bonchev–Trinajstić information content (AvgIpc) is 3.27. The molecule has 0 bridgehead atoms. The molecule has 1 unspecified atom stereocenters. The molecule has 1 fully saturated rings. The van der Waals surface area contributed by atoms with Crippen molar-refractivity contribution < 1.29 is 23.7 Å². The number of carbonyl (C=O) groups is 1. The number of nitrogens with one attached hydrogen (secondary N) is 1. The molecule has 1 N–H and O–H groups in total. The molecule has 2 aromatic carbocycles. The summed E-state index contributed by atoms with van der Waals surface area (Å²) in [6.45, 7) is 10.3. The van der Waals surface area contributed by atoms with Crippen molar-refractivity contribution in [1.82, 2.24) is 5.32 Å². The zero-order chi connectivity index (χ0) is 23.7. The van der Waals surface area contributed by atoms with E-state index in [0.717, 1.165) is 30.5 Å². The summed E-state index contributed by atoms with van der Waals surface area (Å²) >= 11 is 0. The fourth-order valence-electron chi connectivity index (χ4n) is 3.84. The molecular formula is C27H37NO5. The van der Waals surface area contributed by atoms with Crippen molar-refractivity contribution in [2.24, 2.45) is 0 Å². The fourth-order valence-corrected chi connectivity index (χ4v) is 3.84. The van der Waals surface area contributed by atoms with E-state index < -0.39 is 17.5 Å². The molecule has 1 aliphatic rings. The molecule has 1 aliphatic heterocycles. The topological polar surface area (TPSA) is 66.0 Å². The normalized spacial score (nSPS) is 16.4. The minimum absolute atomic E-state index is 0.336. The van der Waals surface area contributed by atoms with E-state index in [4.69, 9.17) is 18.9 Å². The lowest BCUT2D eigenvalue weighted by Crippen LogP contribution is -2.34. The first-order chi connectivity index (χ1) is 15.8. The van der Waals surface area contributed by atoms with Crippen LogP contribution >= 0.6 is 0 Å². The van der Waals surface area contributed by atoms with Crippen LogP contribution in [0.3, 0.4) is 0 Å². The molecule has 0 saturated carbocycles. The maximum atomic E-state index is 12.4. The van der Waals surface area contributed by atoms with Crippen molar-refractivity contribution in [2.75, 3.05) is 19.8 Å². The summed E-state index contributed by atoms with van der Waals surface area (Å²) in [4.78, 5) is 12.4. The highest BCUT2D eigenvalue weighted by Gasteiger charge is 2.37. The van der Waals surface area contributed by atoms with E-state index in [2.05, 4.69) is 17.4 Å². The quantitative estimate of drug-likeness (QED) is 0.382. The molecule has 1 saturated heterocycles. The Bertz CT molecular complexity index is 872. The molecule has 2 aromatic rings. The predicted molar refractivity (Wildman–Crippen MR) is 128 cm³/mol. The lowest BCUT2D eigenvalue weighted by Gasteiger charge is -2.28. The number of rotatable bonds is 11. The van der Waals surface area contributed by atoms with Gasteiger partial charge in [0.1, 0.15) is 11.4 Å². The van der Waals surface area contributed by atoms with Gasteiger partial charge >= 0.3 is 5.97 Å². The largest absolute Gasteiger partial charge is 0.479 e. The van der Waals surface area contributed by atoms with Gasteiger partial charge in [-0.2, -0.15) is 0 Å². The molecule has 180 valence electrons. The smallest absolute Gasteiger partial charge is 0.347 e. The second-order valence-electron chi connectivity index (χ2n) is 9.29. The Morgan fingerprint density at radius 3 is 2.48 bits per heavy atom. The number of benzene rings is 2. The van der Waals surface area contributed by atoms with Crippen molar-refractivity contribution in [2.45, 2.75) is 71.0 Å². The third kappa shape index (κ3) is 7.56. The van der Waals surface area contributed by atoms with Crippen LogP contribution in [0.2, 0.25) is 0 Å². The molecular weight excluding hydrogens is 418 g/mol. The predicted octanol–water partition coefficient (Wildman–Crippen LogP) is 4.96. The van der Waals surface area contributed by atoms with Gasteiger partial charge < -0.3 is 24.3 Å². The Balaban J connectivity index is 1.47. The van der Waals surface area contributed by atoms with Gasteiger partial charge in [0.2, 0.25) is 0 Å². The van der Waals surface area contributed by atoms with E-state index in [-0.39, 0.29) is 5.97 Å². The Morgan fingerprint density at radius 1 is 1.09 bits per heavy atom. The highest BCUT2D eigenvalue weighted by atomic mass is 16.7. The molecule has 1 heterocycles. The third-order valence-electron chi connectivity index (χ3n) is 5.37. The van der Waals surface area contributed by atoms with Crippen LogP contribution in [0.25, 0.3) is 0 Å². The maximum absolute atomic E-state index is 12.4. The summed E-state index contributed by atoms with van der Waals surface area (Å²) < 4.78 is 23.4. The number of carbonyl (C=O) groups excluding carboxylic acids is 1. The van der Waals surface area contributed by atoms with Gasteiger partial charge in [-0.15, -0.1) is 0 Å². The van der Waals surface area contributed by atoms with Crippen molar-refractivity contribution in [3.05, 3.63) is 65.7 Å². The van der Waals surface area contributed by atoms with E-state index >= 15 is 0 Å². The Hall–Kier alpha value is -2.41. The SMILES string of the molecule is CCC(Oc1cccc(CNCCCC2(c3ccccc3)OCCO2)c1)C(=O)OC(C)(C)C. The van der Waals surface area contributed by atoms with Gasteiger partial charge in [0.05, 0.1) is 13.2 Å². The Morgan fingerprint density at radius 2 is 1.82 bits per heavy atom. The zero-order valence-electron chi connectivity index (χ0n) is 20.3. The molecule has 33 heavy (non-hydrogen) atoms. The number of hydrogen-bond acceptors (Lipinski definition) is 6. The van der Waals surface area contributed by atoms with E-state index in [1.165, 1.54) is 0 Å². The van der Waals surface area contributed by atoms with E-state index in [1.54, 1.807) is 0 Å². The van der Waals surface area contributed by atoms with Crippen molar-refractivity contribution in [3.8, 4) is 5.75 Å². The molecule has 0 aromatic heterocycles. The highest BCUT2D eigenvalue weighted by Crippen LogP contribution is 2.35. The number of ether oxygens (including phenoxy) is 4. The minimum atomic E-state index is -0.631. The fraction of sp³-hybridized carbons (Fsp3) is 0.519. The van der Waals surface area contributed by atoms with Crippen molar-refractivity contribution in [1.29, 1.82) is 0 Å². The van der Waals surface area contributed by atoms with E-state index in [1.807, 2.05) is 70.2 Å². The molecule has 0 spiro atoms. The van der Waals surface area contributed by atoms with Crippen LogP contribution in [0, 0.1) is 0 Å². The second kappa shape index (κ2) is 11.6. The highest BCUT2D eigenvalue weighted by molar-refractivity contribution is 5.75. The van der Waals surface area contributed by atoms with Crippen molar-refractivity contribution in [3.63, 3.8) is 0 Å². The number of hydrogen-bond donors (Lipinski definition) is 1. The van der Waals surface area contributed by atoms with Gasteiger partial charge in [-0.3, -0.25) is 0 Å². The second-order valence-corrected chi connectivity index (χ2v) is 9.29. The minimum Gasteiger partial charge on any atom is -0.479 e. The zero-order valence-corrected chi connectivity index (χ0v) is 20.3. The molecule has 0 aliphatic carbocycles. The van der Waals surface area contributed by atoms with E-state index in [9.17, 15) is 4.79 Å². The van der Waals surface area contributed by atoms with Crippen LogP contribution in [-0.4, -0.2) is 37.4 Å². The van der Waals surface area contributed by atoms with Crippen LogP contribution in [0.15, 0.2) is 54.6 Å². The Labute approximate surface area is 197 Å². The van der Waals surface area contributed by atoms with Gasteiger partial charge in [0.25, 0.3) is 0 Å². The first-order valence-corrected chi connectivity index (χ1v) is 11.8. The summed E-state index contributed by atoms with van der Waals surface area (Å²) in [6, 6.07) is 18.0. The summed E-state index contributed by atoms with van der Waals surface area (Å²) in [7, 11) is 0. The first-order valence-electron chi connectivity index (χ1n) is 11.8. The molecule has 3 rings (SSSR count). The molecule has 0 radical (unpaired) electrons. The van der Waals surface area contributed by atoms with Crippen molar-refractivity contribution >= 4 is 5.97 Å². The van der Waals surface area contributed by atoms with Crippen LogP contribution in [0.4, 0.5) is 0 Å². The summed E-state index contributed by atoms with van der Waals surface area (Å²) in [5, 5.41) is 3.48. The Kier molecular flexibility index (Phi) is 8.89. The molecule has 1 atom stereocenters. The van der Waals surface area contributed by atoms with Gasteiger partial charge in [-0.05, 0) is 57.9 Å². The van der Waals surface area contributed by atoms with Gasteiger partial charge in [0.15, 0.2) is 11.9 Å². The van der Waals surface area contributed by atoms with Crippen LogP contribution in [0.5, 0.6) is 5.75 Å². The van der Waals surface area contributed by atoms with Gasteiger partial charge in [-0.1, -0.05) is 49.4 Å². The standard InChI is InChI=1S/C27H37NO5/c1-5-24(25(29)33-26(2,3)4)32-23-14-9-11-21(19-23)20-28-16-10-15-27(30-17-18-31-27)22-12-7-6-8-13-22/h6-9,11-14,19,24,28H,5,10,15-18,20H2,1-4H3. The van der Waals surface area contributed by atoms with Crippen LogP contribution < -0.4 is 10.1 Å². The molecule has 6 heteroatoms. The molecule has 0 amide bonds. The average molecular weight is 456 g/mol. The maximum Gasteiger partial charge on any atom is 0.347 e. The van der Waals surface area contributed by atoms with Crippen LogP contribution in [-0.2, 0) is 31.3 Å². The summed E-state index contributed by atoms with van der Waals surface area (Å²) in [6.07, 6.45) is 1.64. The lowest BCUT2D eigenvalue weighted by molar-refractivity contribution is -0.171. The number of esters is 1. The summed E-state index contributed by atoms with van der Waals surface area (Å²) in [5.41, 5.74) is 1.63. The van der Waals surface area contributed by atoms with Gasteiger partial charge in [0, 0.05) is 18.5 Å². The third-order valence-corrected chi connectivity index (χ3v) is 5.37. The monoisotopic (exact) mass is 455 g/mol. The lowest BCUT2D eigenvalue weighted by atomic mass is 10.0.